The number of nitro benzene ring substituents is 1. The molecule has 118 valence electrons. The maximum Gasteiger partial charge on any atom is 0.273 e. The first kappa shape index (κ1) is 16.4. The third-order valence-electron chi connectivity index (χ3n) is 3.06. The second-order valence-corrected chi connectivity index (χ2v) is 5.09. The zero-order valence-electron chi connectivity index (χ0n) is 12.1. The summed E-state index contributed by atoms with van der Waals surface area (Å²) in [6.07, 6.45) is 0. The van der Waals surface area contributed by atoms with E-state index >= 15 is 0 Å². The van der Waals surface area contributed by atoms with E-state index in [9.17, 15) is 20.0 Å². The number of hydrogen-bond acceptors (Lipinski definition) is 5. The number of carbonyl (C=O) groups is 1. The first-order chi connectivity index (χ1) is 10.9. The van der Waals surface area contributed by atoms with E-state index in [1.807, 2.05) is 6.07 Å². The van der Waals surface area contributed by atoms with Gasteiger partial charge in [0.1, 0.15) is 5.75 Å². The Kier molecular flexibility index (Phi) is 4.87. The Morgan fingerprint density at radius 3 is 2.57 bits per heavy atom. The summed E-state index contributed by atoms with van der Waals surface area (Å²) in [5, 5.41) is 25.4. The van der Waals surface area contributed by atoms with Gasteiger partial charge in [-0.15, -0.1) is 0 Å². The van der Waals surface area contributed by atoms with E-state index in [1.165, 1.54) is 12.1 Å². The molecule has 0 fully saturated rings. The van der Waals surface area contributed by atoms with Crippen molar-refractivity contribution < 1.29 is 14.8 Å². The molecular weight excluding hydrogens is 318 g/mol. The number of hydrogen-bond donors (Lipinski definition) is 3. The lowest BCUT2D eigenvalue weighted by atomic mass is 10.1. The minimum Gasteiger partial charge on any atom is -0.506 e. The highest BCUT2D eigenvalue weighted by atomic mass is 32.1. The highest BCUT2D eigenvalue weighted by Gasteiger charge is 2.13. The molecule has 7 nitrogen and oxygen atoms in total. The molecule has 0 aliphatic carbocycles. The van der Waals surface area contributed by atoms with Gasteiger partial charge in [-0.3, -0.25) is 20.2 Å². The number of aromatic hydroxyl groups is 1. The zero-order valence-corrected chi connectivity index (χ0v) is 12.9. The van der Waals surface area contributed by atoms with Gasteiger partial charge in [0.25, 0.3) is 11.6 Å². The number of nitrogens with zero attached hydrogens (tertiary/aromatic N) is 1. The van der Waals surface area contributed by atoms with E-state index in [2.05, 4.69) is 10.6 Å². The molecule has 0 saturated carbocycles. The predicted molar refractivity (Wildman–Crippen MR) is 89.6 cm³/mol. The molecule has 0 saturated heterocycles. The van der Waals surface area contributed by atoms with Crippen LogP contribution >= 0.6 is 12.2 Å². The van der Waals surface area contributed by atoms with Crippen molar-refractivity contribution in [1.82, 2.24) is 5.32 Å². The van der Waals surface area contributed by atoms with Gasteiger partial charge in [-0.2, -0.15) is 0 Å². The zero-order chi connectivity index (χ0) is 17.0. The Bertz CT molecular complexity index is 792. The van der Waals surface area contributed by atoms with Crippen LogP contribution in [0.15, 0.2) is 42.5 Å². The summed E-state index contributed by atoms with van der Waals surface area (Å²) in [6.45, 7) is 1.80. The van der Waals surface area contributed by atoms with E-state index in [0.29, 0.717) is 5.56 Å². The van der Waals surface area contributed by atoms with Crippen LogP contribution in [0.1, 0.15) is 15.9 Å². The van der Waals surface area contributed by atoms with Crippen LogP contribution in [-0.4, -0.2) is 21.0 Å². The van der Waals surface area contributed by atoms with Crippen LogP contribution in [0.2, 0.25) is 0 Å². The van der Waals surface area contributed by atoms with Crippen molar-refractivity contribution in [1.29, 1.82) is 0 Å². The lowest BCUT2D eigenvalue weighted by molar-refractivity contribution is -0.384. The van der Waals surface area contributed by atoms with Gasteiger partial charge in [0.2, 0.25) is 0 Å². The number of amides is 1. The van der Waals surface area contributed by atoms with Crippen molar-refractivity contribution in [3.05, 3.63) is 63.7 Å². The van der Waals surface area contributed by atoms with E-state index in [0.717, 1.165) is 11.6 Å². The van der Waals surface area contributed by atoms with Crippen LogP contribution in [-0.2, 0) is 0 Å². The van der Waals surface area contributed by atoms with Gasteiger partial charge >= 0.3 is 0 Å². The molecule has 0 atom stereocenters. The van der Waals surface area contributed by atoms with Crippen LogP contribution < -0.4 is 10.6 Å². The Morgan fingerprint density at radius 1 is 1.26 bits per heavy atom. The van der Waals surface area contributed by atoms with E-state index in [-0.39, 0.29) is 28.1 Å². The summed E-state index contributed by atoms with van der Waals surface area (Å²) in [7, 11) is 0. The van der Waals surface area contributed by atoms with Gasteiger partial charge in [0.15, 0.2) is 5.11 Å². The Labute approximate surface area is 137 Å². The average molecular weight is 331 g/mol. The Balaban J connectivity index is 2.07. The molecule has 2 aromatic rings. The van der Waals surface area contributed by atoms with Crippen molar-refractivity contribution in [2.24, 2.45) is 0 Å². The van der Waals surface area contributed by atoms with Crippen molar-refractivity contribution >= 4 is 34.6 Å². The van der Waals surface area contributed by atoms with Crippen molar-refractivity contribution in [2.45, 2.75) is 6.92 Å². The number of nitro groups is 1. The van der Waals surface area contributed by atoms with E-state index < -0.39 is 4.92 Å². The largest absolute Gasteiger partial charge is 0.506 e. The minimum absolute atomic E-state index is 0.0255. The Hall–Kier alpha value is -3.00. The molecule has 0 aliphatic rings. The number of phenols is 1. The molecule has 0 aliphatic heterocycles. The van der Waals surface area contributed by atoms with Gasteiger partial charge in [0, 0.05) is 11.6 Å². The standard InChI is InChI=1S/C15H13N3O4S/c1-9-4-2-3-5-11(9)14(20)17-15(23)16-12-7-6-10(18(21)22)8-13(12)19/h2-8,19H,1H3,(H2,16,17,20,23). The predicted octanol–water partition coefficient (Wildman–Crippen LogP) is 2.74. The summed E-state index contributed by atoms with van der Waals surface area (Å²) in [5.74, 6) is -0.728. The number of carbonyl (C=O) groups excluding carboxylic acids is 1. The van der Waals surface area contributed by atoms with E-state index in [1.54, 1.807) is 25.1 Å². The first-order valence-electron chi connectivity index (χ1n) is 6.54. The topological polar surface area (TPSA) is 104 Å². The fourth-order valence-electron chi connectivity index (χ4n) is 1.89. The van der Waals surface area contributed by atoms with Gasteiger partial charge in [0.05, 0.1) is 16.7 Å². The van der Waals surface area contributed by atoms with Crippen LogP contribution in [0, 0.1) is 17.0 Å². The number of phenolic OH excluding ortho intramolecular Hbond substituents is 1. The average Bonchev–Trinajstić information content (AvgIpc) is 2.49. The maximum absolute atomic E-state index is 12.1. The summed E-state index contributed by atoms with van der Waals surface area (Å²) >= 11 is 5.01. The highest BCUT2D eigenvalue weighted by molar-refractivity contribution is 7.80. The molecule has 0 bridgehead atoms. The lowest BCUT2D eigenvalue weighted by Gasteiger charge is -2.11. The fourth-order valence-corrected chi connectivity index (χ4v) is 2.09. The SMILES string of the molecule is Cc1ccccc1C(=O)NC(=S)Nc1ccc([N+](=O)[O-])cc1O. The molecule has 0 spiro atoms. The number of thiocarbonyl (C=S) groups is 1. The van der Waals surface area contributed by atoms with Crippen LogP contribution in [0.25, 0.3) is 0 Å². The number of nitrogens with one attached hydrogen (secondary N) is 2. The van der Waals surface area contributed by atoms with Crippen molar-refractivity contribution in [3.8, 4) is 5.75 Å². The normalized spacial score (nSPS) is 9.96. The molecule has 3 N–H and O–H groups in total. The monoisotopic (exact) mass is 331 g/mol. The summed E-state index contributed by atoms with van der Waals surface area (Å²) in [6, 6.07) is 10.5. The number of rotatable bonds is 3. The number of anilines is 1. The number of aryl methyl sites for hydroxylation is 1. The van der Waals surface area contributed by atoms with Gasteiger partial charge in [-0.05, 0) is 36.8 Å². The fraction of sp³-hybridized carbons (Fsp3) is 0.0667. The lowest BCUT2D eigenvalue weighted by Crippen LogP contribution is -2.34. The van der Waals surface area contributed by atoms with E-state index in [4.69, 9.17) is 12.2 Å². The third kappa shape index (κ3) is 4.01. The summed E-state index contributed by atoms with van der Waals surface area (Å²) in [5.41, 5.74) is 1.18. The summed E-state index contributed by atoms with van der Waals surface area (Å²) in [4.78, 5) is 22.1. The number of benzene rings is 2. The molecule has 23 heavy (non-hydrogen) atoms. The first-order valence-corrected chi connectivity index (χ1v) is 6.94. The van der Waals surface area contributed by atoms with Crippen LogP contribution in [0.4, 0.5) is 11.4 Å². The van der Waals surface area contributed by atoms with Crippen LogP contribution in [0.5, 0.6) is 5.75 Å². The molecule has 0 aromatic heterocycles. The molecule has 0 heterocycles. The quantitative estimate of drug-likeness (QED) is 0.346. The molecule has 0 radical (unpaired) electrons. The molecule has 2 aromatic carbocycles. The van der Waals surface area contributed by atoms with Crippen LogP contribution in [0.3, 0.4) is 0 Å². The molecular formula is C15H13N3O4S. The second kappa shape index (κ2) is 6.84. The molecule has 8 heteroatoms. The summed E-state index contributed by atoms with van der Waals surface area (Å²) < 4.78 is 0. The smallest absolute Gasteiger partial charge is 0.273 e. The molecule has 0 unspecified atom stereocenters. The second-order valence-electron chi connectivity index (χ2n) is 4.68. The van der Waals surface area contributed by atoms with Gasteiger partial charge < -0.3 is 10.4 Å². The Morgan fingerprint density at radius 2 is 1.96 bits per heavy atom. The minimum atomic E-state index is -0.623. The molecule has 2 rings (SSSR count). The maximum atomic E-state index is 12.1. The third-order valence-corrected chi connectivity index (χ3v) is 3.26. The molecule has 1 amide bonds. The highest BCUT2D eigenvalue weighted by Crippen LogP contribution is 2.27. The number of non-ortho nitro benzene ring substituents is 1. The van der Waals surface area contributed by atoms with Gasteiger partial charge in [-0.1, -0.05) is 18.2 Å². The van der Waals surface area contributed by atoms with Gasteiger partial charge in [-0.25, -0.2) is 0 Å². The van der Waals surface area contributed by atoms with Crippen molar-refractivity contribution in [3.63, 3.8) is 0 Å². The van der Waals surface area contributed by atoms with Crippen molar-refractivity contribution in [2.75, 3.05) is 5.32 Å².